The fourth-order valence-electron chi connectivity index (χ4n) is 3.16. The van der Waals surface area contributed by atoms with Crippen LogP contribution in [0.3, 0.4) is 0 Å². The van der Waals surface area contributed by atoms with E-state index in [4.69, 9.17) is 4.74 Å². The van der Waals surface area contributed by atoms with Crippen molar-refractivity contribution in [2.24, 2.45) is 5.92 Å². The van der Waals surface area contributed by atoms with Crippen LogP contribution in [0.2, 0.25) is 0 Å². The fraction of sp³-hybridized carbons (Fsp3) is 0.389. The average molecular weight is 339 g/mol. The first-order chi connectivity index (χ1) is 12.2. The topological polar surface area (TPSA) is 84.8 Å². The Bertz CT molecular complexity index is 909. The van der Waals surface area contributed by atoms with E-state index in [1.54, 1.807) is 13.4 Å². The Morgan fingerprint density at radius 2 is 2.28 bits per heavy atom. The summed E-state index contributed by atoms with van der Waals surface area (Å²) in [6.45, 7) is 2.76. The quantitative estimate of drug-likeness (QED) is 0.723. The lowest BCUT2D eigenvalue weighted by Crippen LogP contribution is -2.32. The number of methoxy groups -OCH3 is 1. The van der Waals surface area contributed by atoms with Crippen molar-refractivity contribution in [3.63, 3.8) is 0 Å². The lowest BCUT2D eigenvalue weighted by atomic mass is 10.1. The second-order valence-corrected chi connectivity index (χ2v) is 6.36. The minimum atomic E-state index is -0.127. The number of fused-ring (bicyclic) bond motifs is 1. The van der Waals surface area contributed by atoms with Crippen LogP contribution in [-0.4, -0.2) is 32.8 Å². The Hall–Kier alpha value is -2.83. The molecule has 1 atom stereocenters. The van der Waals surface area contributed by atoms with Gasteiger partial charge in [-0.25, -0.2) is 9.67 Å². The van der Waals surface area contributed by atoms with Crippen molar-refractivity contribution in [3.05, 3.63) is 42.1 Å². The van der Waals surface area contributed by atoms with Crippen molar-refractivity contribution >= 4 is 16.8 Å². The summed E-state index contributed by atoms with van der Waals surface area (Å²) in [6.07, 6.45) is 3.76. The number of nitrogens with one attached hydrogen (secondary N) is 2. The van der Waals surface area contributed by atoms with Gasteiger partial charge in [-0.1, -0.05) is 0 Å². The fourth-order valence-corrected chi connectivity index (χ4v) is 3.16. The minimum absolute atomic E-state index is 0.101. The van der Waals surface area contributed by atoms with E-state index in [0.717, 1.165) is 41.9 Å². The second-order valence-electron chi connectivity index (χ2n) is 6.36. The molecule has 130 valence electrons. The zero-order valence-electron chi connectivity index (χ0n) is 14.3. The second kappa shape index (κ2) is 6.23. The molecule has 0 bridgehead atoms. The molecule has 1 aliphatic carbocycles. The first-order valence-electron chi connectivity index (χ1n) is 8.55. The number of benzene rings is 1. The van der Waals surface area contributed by atoms with E-state index in [1.807, 2.05) is 35.9 Å². The summed E-state index contributed by atoms with van der Waals surface area (Å²) in [5, 5.41) is 8.32. The molecule has 7 nitrogen and oxygen atoms in total. The third-order valence-electron chi connectivity index (χ3n) is 4.68. The third kappa shape index (κ3) is 2.97. The predicted molar refractivity (Wildman–Crippen MR) is 93.5 cm³/mol. The minimum Gasteiger partial charge on any atom is -0.497 e. The van der Waals surface area contributed by atoms with Gasteiger partial charge in [-0.15, -0.1) is 0 Å². The monoisotopic (exact) mass is 339 g/mol. The summed E-state index contributed by atoms with van der Waals surface area (Å²) < 4.78 is 7.08. The Labute approximate surface area is 145 Å². The molecule has 1 aromatic carbocycles. The van der Waals surface area contributed by atoms with Gasteiger partial charge in [-0.05, 0) is 49.9 Å². The molecule has 1 amide bonds. The number of aryl methyl sites for hydroxylation is 1. The maximum atomic E-state index is 12.8. The third-order valence-corrected chi connectivity index (χ3v) is 4.68. The predicted octanol–water partition coefficient (Wildman–Crippen LogP) is 2.67. The molecule has 0 aliphatic heterocycles. The van der Waals surface area contributed by atoms with Crippen molar-refractivity contribution in [3.8, 4) is 5.75 Å². The lowest BCUT2D eigenvalue weighted by Gasteiger charge is -2.17. The molecule has 1 aliphatic rings. The number of hydrogen-bond donors (Lipinski definition) is 2. The SMILES string of the molecule is CCn1ncnc1[C@H](NC(=O)c1cc2cc(OC)ccc2[nH]1)C1CC1. The molecule has 4 rings (SSSR count). The lowest BCUT2D eigenvalue weighted by molar-refractivity contribution is 0.0924. The number of ether oxygens (including phenoxy) is 1. The van der Waals surface area contributed by atoms with Gasteiger partial charge in [0.05, 0.1) is 13.2 Å². The van der Waals surface area contributed by atoms with Gasteiger partial charge in [0, 0.05) is 17.4 Å². The van der Waals surface area contributed by atoms with Crippen LogP contribution in [0, 0.1) is 5.92 Å². The molecule has 0 saturated heterocycles. The summed E-state index contributed by atoms with van der Waals surface area (Å²) in [4.78, 5) is 20.3. The highest BCUT2D eigenvalue weighted by Gasteiger charge is 2.36. The van der Waals surface area contributed by atoms with E-state index < -0.39 is 0 Å². The van der Waals surface area contributed by atoms with E-state index in [2.05, 4.69) is 20.4 Å². The number of aromatic nitrogens is 4. The molecule has 2 aromatic heterocycles. The number of rotatable bonds is 6. The Morgan fingerprint density at radius 3 is 3.00 bits per heavy atom. The summed E-state index contributed by atoms with van der Waals surface area (Å²) in [5.74, 6) is 1.90. The van der Waals surface area contributed by atoms with Crippen molar-refractivity contribution in [2.45, 2.75) is 32.4 Å². The first kappa shape index (κ1) is 15.7. The van der Waals surface area contributed by atoms with E-state index in [1.165, 1.54) is 0 Å². The van der Waals surface area contributed by atoms with Crippen LogP contribution >= 0.6 is 0 Å². The van der Waals surface area contributed by atoms with Gasteiger partial charge in [0.15, 0.2) is 0 Å². The normalized spacial score (nSPS) is 15.3. The van der Waals surface area contributed by atoms with Gasteiger partial charge < -0.3 is 15.0 Å². The highest BCUT2D eigenvalue weighted by atomic mass is 16.5. The summed E-state index contributed by atoms with van der Waals surface area (Å²) >= 11 is 0. The van der Waals surface area contributed by atoms with Gasteiger partial charge in [-0.2, -0.15) is 5.10 Å². The molecule has 2 heterocycles. The van der Waals surface area contributed by atoms with Gasteiger partial charge in [0.1, 0.15) is 23.6 Å². The number of carbonyl (C=O) groups is 1. The number of carbonyl (C=O) groups excluding carboxylic acids is 1. The van der Waals surface area contributed by atoms with Crippen molar-refractivity contribution in [1.82, 2.24) is 25.1 Å². The maximum absolute atomic E-state index is 12.8. The molecular formula is C18H21N5O2. The van der Waals surface area contributed by atoms with E-state index in [-0.39, 0.29) is 11.9 Å². The van der Waals surface area contributed by atoms with Gasteiger partial charge in [0.2, 0.25) is 0 Å². The zero-order chi connectivity index (χ0) is 17.4. The van der Waals surface area contributed by atoms with Crippen LogP contribution in [0.4, 0.5) is 0 Å². The number of hydrogen-bond acceptors (Lipinski definition) is 4. The van der Waals surface area contributed by atoms with Gasteiger partial charge >= 0.3 is 0 Å². The van der Waals surface area contributed by atoms with Crippen LogP contribution in [-0.2, 0) is 6.54 Å². The van der Waals surface area contributed by atoms with Crippen molar-refractivity contribution in [2.75, 3.05) is 7.11 Å². The van der Waals surface area contributed by atoms with E-state index in [9.17, 15) is 4.79 Å². The van der Waals surface area contributed by atoms with Gasteiger partial charge in [0.25, 0.3) is 5.91 Å². The Balaban J connectivity index is 1.59. The molecule has 0 unspecified atom stereocenters. The van der Waals surface area contributed by atoms with E-state index >= 15 is 0 Å². The Morgan fingerprint density at radius 1 is 1.44 bits per heavy atom. The molecule has 7 heteroatoms. The molecular weight excluding hydrogens is 318 g/mol. The average Bonchev–Trinajstić information content (AvgIpc) is 3.20. The maximum Gasteiger partial charge on any atom is 0.268 e. The molecule has 1 saturated carbocycles. The molecule has 0 spiro atoms. The number of nitrogens with zero attached hydrogens (tertiary/aromatic N) is 3. The summed E-state index contributed by atoms with van der Waals surface area (Å²) in [7, 11) is 1.63. The van der Waals surface area contributed by atoms with Crippen LogP contribution in [0.5, 0.6) is 5.75 Å². The first-order valence-corrected chi connectivity index (χ1v) is 8.55. The van der Waals surface area contributed by atoms with Crippen molar-refractivity contribution in [1.29, 1.82) is 0 Å². The highest BCUT2D eigenvalue weighted by molar-refractivity contribution is 5.98. The molecule has 0 radical (unpaired) electrons. The van der Waals surface area contributed by atoms with Crippen LogP contribution < -0.4 is 10.1 Å². The molecule has 25 heavy (non-hydrogen) atoms. The number of H-pyrrole nitrogens is 1. The smallest absolute Gasteiger partial charge is 0.268 e. The molecule has 2 N–H and O–H groups in total. The standard InChI is InChI=1S/C18H21N5O2/c1-3-23-17(19-10-20-23)16(11-4-5-11)22-18(24)15-9-12-8-13(25-2)6-7-14(12)21-15/h6-11,16,21H,3-5H2,1-2H3,(H,22,24)/t16-/m1/s1. The number of amides is 1. The molecule has 1 fully saturated rings. The van der Waals surface area contributed by atoms with Crippen LogP contribution in [0.15, 0.2) is 30.6 Å². The van der Waals surface area contributed by atoms with E-state index in [0.29, 0.717) is 11.6 Å². The Kier molecular flexibility index (Phi) is 3.91. The van der Waals surface area contributed by atoms with Crippen LogP contribution in [0.25, 0.3) is 10.9 Å². The summed E-state index contributed by atoms with van der Waals surface area (Å²) in [6, 6.07) is 7.45. The summed E-state index contributed by atoms with van der Waals surface area (Å²) in [5.41, 5.74) is 1.45. The van der Waals surface area contributed by atoms with Crippen LogP contribution in [0.1, 0.15) is 42.1 Å². The number of aromatic amines is 1. The zero-order valence-corrected chi connectivity index (χ0v) is 14.3. The van der Waals surface area contributed by atoms with Gasteiger partial charge in [-0.3, -0.25) is 4.79 Å². The molecule has 3 aromatic rings. The largest absolute Gasteiger partial charge is 0.497 e. The highest BCUT2D eigenvalue weighted by Crippen LogP contribution is 2.40. The van der Waals surface area contributed by atoms with Crippen molar-refractivity contribution < 1.29 is 9.53 Å².